The van der Waals surface area contributed by atoms with E-state index in [4.69, 9.17) is 25.8 Å². The second kappa shape index (κ2) is 10.5. The Morgan fingerprint density at radius 3 is 2.54 bits per heavy atom. The molecular weight excluding hydrogens is 364 g/mol. The van der Waals surface area contributed by atoms with Gasteiger partial charge < -0.3 is 19.5 Å². The number of hydrogen-bond donors (Lipinski definition) is 2. The van der Waals surface area contributed by atoms with Crippen molar-refractivity contribution in [3.8, 4) is 11.5 Å². The first-order chi connectivity index (χ1) is 12.3. The number of nitrogens with one attached hydrogen (secondary N) is 2. The summed E-state index contributed by atoms with van der Waals surface area (Å²) < 4.78 is 15.9. The number of imide groups is 1. The van der Waals surface area contributed by atoms with Gasteiger partial charge in [0.25, 0.3) is 5.91 Å². The monoisotopic (exact) mass is 386 g/mol. The quantitative estimate of drug-likeness (QED) is 0.525. The fourth-order valence-electron chi connectivity index (χ4n) is 1.85. The van der Waals surface area contributed by atoms with Gasteiger partial charge in [0.15, 0.2) is 17.6 Å². The molecule has 1 rings (SSSR count). The van der Waals surface area contributed by atoms with Crippen molar-refractivity contribution < 1.29 is 28.6 Å². The van der Waals surface area contributed by atoms with Crippen LogP contribution in [0, 0.1) is 0 Å². The minimum absolute atomic E-state index is 0.0919. The van der Waals surface area contributed by atoms with Gasteiger partial charge in [-0.05, 0) is 25.5 Å². The van der Waals surface area contributed by atoms with E-state index in [9.17, 15) is 14.4 Å². The summed E-state index contributed by atoms with van der Waals surface area (Å²) in [6.07, 6.45) is 0.631. The number of ether oxygens (including phenoxy) is 3. The third kappa shape index (κ3) is 6.11. The van der Waals surface area contributed by atoms with Gasteiger partial charge in [-0.3, -0.25) is 10.1 Å². The van der Waals surface area contributed by atoms with Gasteiger partial charge in [0.1, 0.15) is 0 Å². The predicted molar refractivity (Wildman–Crippen MR) is 95.9 cm³/mol. The Kier molecular flexibility index (Phi) is 8.71. The number of esters is 1. The maximum Gasteiger partial charge on any atom is 0.339 e. The normalized spacial score (nSPS) is 11.3. The van der Waals surface area contributed by atoms with E-state index in [0.29, 0.717) is 12.4 Å². The highest BCUT2D eigenvalue weighted by molar-refractivity contribution is 6.32. The zero-order valence-corrected chi connectivity index (χ0v) is 15.9. The second-order valence-electron chi connectivity index (χ2n) is 5.31. The maximum atomic E-state index is 12.2. The third-order valence-corrected chi connectivity index (χ3v) is 3.61. The number of hydrogen-bond acceptors (Lipinski definition) is 6. The molecule has 0 bridgehead atoms. The van der Waals surface area contributed by atoms with Crippen molar-refractivity contribution in [3.05, 3.63) is 22.7 Å². The number of rotatable bonds is 8. The largest absolute Gasteiger partial charge is 0.493 e. The van der Waals surface area contributed by atoms with Gasteiger partial charge in [0.2, 0.25) is 0 Å². The van der Waals surface area contributed by atoms with E-state index in [2.05, 4.69) is 5.32 Å². The summed E-state index contributed by atoms with van der Waals surface area (Å²) in [6, 6.07) is 2.09. The topological polar surface area (TPSA) is 103 Å². The first-order valence-electron chi connectivity index (χ1n) is 8.07. The van der Waals surface area contributed by atoms with Gasteiger partial charge in [0.05, 0.1) is 24.3 Å². The minimum Gasteiger partial charge on any atom is -0.493 e. The van der Waals surface area contributed by atoms with Crippen LogP contribution in [-0.2, 0) is 9.53 Å². The molecular formula is C17H23ClN2O6. The van der Waals surface area contributed by atoms with E-state index in [1.165, 1.54) is 33.2 Å². The van der Waals surface area contributed by atoms with Crippen LogP contribution in [-0.4, -0.2) is 44.8 Å². The van der Waals surface area contributed by atoms with Crippen molar-refractivity contribution >= 4 is 29.5 Å². The molecule has 0 fully saturated rings. The Morgan fingerprint density at radius 1 is 1.27 bits per heavy atom. The molecule has 0 unspecified atom stereocenters. The molecule has 0 aliphatic rings. The summed E-state index contributed by atoms with van der Waals surface area (Å²) in [6.45, 7) is 3.84. The molecule has 0 aliphatic heterocycles. The molecule has 1 atom stereocenters. The van der Waals surface area contributed by atoms with E-state index < -0.39 is 24.0 Å². The highest BCUT2D eigenvalue weighted by Crippen LogP contribution is 2.36. The second-order valence-corrected chi connectivity index (χ2v) is 5.71. The average molecular weight is 387 g/mol. The lowest BCUT2D eigenvalue weighted by Crippen LogP contribution is -2.43. The molecule has 0 spiro atoms. The van der Waals surface area contributed by atoms with Crippen LogP contribution in [0.1, 0.15) is 37.0 Å². The molecule has 144 valence electrons. The summed E-state index contributed by atoms with van der Waals surface area (Å²) >= 11 is 6.18. The Morgan fingerprint density at radius 2 is 1.96 bits per heavy atom. The summed E-state index contributed by atoms with van der Waals surface area (Å²) in [4.78, 5) is 35.1. The lowest BCUT2D eigenvalue weighted by molar-refractivity contribution is -0.127. The summed E-state index contributed by atoms with van der Waals surface area (Å²) in [7, 11) is 2.78. The van der Waals surface area contributed by atoms with Crippen LogP contribution < -0.4 is 20.1 Å². The number of unbranched alkanes of at least 4 members (excludes halogenated alkanes) is 1. The molecule has 9 heteroatoms. The fourth-order valence-corrected chi connectivity index (χ4v) is 2.12. The van der Waals surface area contributed by atoms with Crippen molar-refractivity contribution in [2.45, 2.75) is 32.8 Å². The van der Waals surface area contributed by atoms with Crippen LogP contribution in [0.25, 0.3) is 0 Å². The van der Waals surface area contributed by atoms with Gasteiger partial charge in [-0.15, -0.1) is 0 Å². The van der Waals surface area contributed by atoms with Crippen LogP contribution in [0.15, 0.2) is 12.1 Å². The number of benzene rings is 1. The van der Waals surface area contributed by atoms with Crippen LogP contribution in [0.2, 0.25) is 5.02 Å². The highest BCUT2D eigenvalue weighted by atomic mass is 35.5. The SMILES string of the molecule is CCCCOc1c(Cl)cc(C(=O)O[C@H](C)C(=O)NC(=O)NC)cc1OC. The third-order valence-electron chi connectivity index (χ3n) is 3.33. The van der Waals surface area contributed by atoms with Crippen LogP contribution >= 0.6 is 11.6 Å². The minimum atomic E-state index is -1.18. The molecule has 1 aromatic rings. The zero-order chi connectivity index (χ0) is 19.7. The van der Waals surface area contributed by atoms with Crippen molar-refractivity contribution in [3.63, 3.8) is 0 Å². The first-order valence-corrected chi connectivity index (χ1v) is 8.45. The van der Waals surface area contributed by atoms with Crippen LogP contribution in [0.4, 0.5) is 4.79 Å². The molecule has 0 aliphatic carbocycles. The molecule has 26 heavy (non-hydrogen) atoms. The van der Waals surface area contributed by atoms with Gasteiger partial charge in [-0.1, -0.05) is 24.9 Å². The van der Waals surface area contributed by atoms with E-state index >= 15 is 0 Å². The standard InChI is InChI=1S/C17H23ClN2O6/c1-5-6-7-25-14-12(18)8-11(9-13(14)24-4)16(22)26-10(2)15(21)20-17(23)19-3/h8-10H,5-7H2,1-4H3,(H2,19,20,21,23)/t10-/m1/s1. The van der Waals surface area contributed by atoms with Crippen molar-refractivity contribution in [2.24, 2.45) is 0 Å². The molecule has 0 radical (unpaired) electrons. The lowest BCUT2D eigenvalue weighted by atomic mass is 10.2. The zero-order valence-electron chi connectivity index (χ0n) is 15.2. The molecule has 0 heterocycles. The van der Waals surface area contributed by atoms with Crippen LogP contribution in [0.3, 0.4) is 0 Å². The van der Waals surface area contributed by atoms with Gasteiger partial charge in [-0.25, -0.2) is 9.59 Å². The van der Waals surface area contributed by atoms with Gasteiger partial charge in [0, 0.05) is 7.05 Å². The smallest absolute Gasteiger partial charge is 0.339 e. The molecule has 2 N–H and O–H groups in total. The lowest BCUT2D eigenvalue weighted by Gasteiger charge is -2.15. The Hall–Kier alpha value is -2.48. The average Bonchev–Trinajstić information content (AvgIpc) is 2.62. The van der Waals surface area contributed by atoms with E-state index in [1.807, 2.05) is 12.2 Å². The first kappa shape index (κ1) is 21.6. The number of amides is 3. The Balaban J connectivity index is 2.87. The maximum absolute atomic E-state index is 12.2. The van der Waals surface area contributed by atoms with Gasteiger partial charge in [-0.2, -0.15) is 0 Å². The number of carbonyl (C=O) groups is 3. The van der Waals surface area contributed by atoms with E-state index in [0.717, 1.165) is 12.8 Å². The highest BCUT2D eigenvalue weighted by Gasteiger charge is 2.22. The molecule has 0 aromatic heterocycles. The van der Waals surface area contributed by atoms with Crippen molar-refractivity contribution in [2.75, 3.05) is 20.8 Å². The molecule has 1 aromatic carbocycles. The summed E-state index contributed by atoms with van der Waals surface area (Å²) in [5, 5.41) is 4.44. The number of carbonyl (C=O) groups excluding carboxylic acids is 3. The molecule has 3 amide bonds. The Labute approximate surface area is 157 Å². The van der Waals surface area contributed by atoms with Crippen molar-refractivity contribution in [1.82, 2.24) is 10.6 Å². The van der Waals surface area contributed by atoms with E-state index in [-0.39, 0.29) is 16.3 Å². The van der Waals surface area contributed by atoms with Gasteiger partial charge >= 0.3 is 12.0 Å². The Bertz CT molecular complexity index is 665. The number of urea groups is 1. The summed E-state index contributed by atoms with van der Waals surface area (Å²) in [5.41, 5.74) is 0.0919. The molecule has 0 saturated heterocycles. The van der Waals surface area contributed by atoms with Crippen LogP contribution in [0.5, 0.6) is 11.5 Å². The predicted octanol–water partition coefficient (Wildman–Crippen LogP) is 2.53. The van der Waals surface area contributed by atoms with Crippen molar-refractivity contribution in [1.29, 1.82) is 0 Å². The molecule has 0 saturated carbocycles. The fraction of sp³-hybridized carbons (Fsp3) is 0.471. The summed E-state index contributed by atoms with van der Waals surface area (Å²) in [5.74, 6) is -0.923. The number of methoxy groups -OCH3 is 1. The van der Waals surface area contributed by atoms with E-state index in [1.54, 1.807) is 0 Å². The number of halogens is 1. The molecule has 8 nitrogen and oxygen atoms in total.